The van der Waals surface area contributed by atoms with Gasteiger partial charge in [-0.25, -0.2) is 0 Å². The third-order valence-electron chi connectivity index (χ3n) is 4.06. The number of benzene rings is 2. The normalized spacial score (nSPS) is 17.8. The molecule has 16 nitrogen and oxygen atoms in total. The van der Waals surface area contributed by atoms with Gasteiger partial charge in [0, 0.05) is 0 Å². The van der Waals surface area contributed by atoms with E-state index in [1.54, 1.807) is 0 Å². The van der Waals surface area contributed by atoms with Crippen molar-refractivity contribution < 1.29 is 63.9 Å². The first-order valence-electron chi connectivity index (χ1n) is 7.82. The van der Waals surface area contributed by atoms with E-state index in [9.17, 15) is 51.9 Å². The van der Waals surface area contributed by atoms with Gasteiger partial charge in [0.25, 0.3) is 0 Å². The second kappa shape index (κ2) is 7.06. The van der Waals surface area contributed by atoms with E-state index in [4.69, 9.17) is 12.1 Å². The molecule has 182 valence electrons. The van der Waals surface area contributed by atoms with Crippen LogP contribution in [0.15, 0.2) is 43.8 Å². The van der Waals surface area contributed by atoms with Crippen LogP contribution in [0.1, 0.15) is 0 Å². The summed E-state index contributed by atoms with van der Waals surface area (Å²) in [4.78, 5) is -4.44. The molecule has 2 aromatic carbocycles. The summed E-state index contributed by atoms with van der Waals surface area (Å²) in [5.74, 6) is -3.02. The molecule has 2 aliphatic heterocycles. The molecule has 4 rings (SSSR count). The topological polar surface area (TPSA) is 254 Å². The number of fused-ring (bicyclic) bond motifs is 2. The monoisotopic (exact) mass is 658 g/mol. The van der Waals surface area contributed by atoms with Gasteiger partial charge in [0.05, 0.1) is 0 Å². The van der Waals surface area contributed by atoms with Crippen LogP contribution in [-0.4, -0.2) is 72.4 Å². The average molecular weight is 659 g/mol. The van der Waals surface area contributed by atoms with Gasteiger partial charge in [-0.05, 0) is 0 Å². The van der Waals surface area contributed by atoms with E-state index in [1.165, 1.54) is 0 Å². The molecule has 33 heavy (non-hydrogen) atoms. The molecule has 0 unspecified atom stereocenters. The Morgan fingerprint density at radius 3 is 1.12 bits per heavy atom. The van der Waals surface area contributed by atoms with Gasteiger partial charge in [-0.2, -0.15) is 0 Å². The molecule has 1 spiro atoms. The van der Waals surface area contributed by atoms with Gasteiger partial charge < -0.3 is 0 Å². The van der Waals surface area contributed by atoms with Crippen LogP contribution in [0.5, 0.6) is 23.0 Å². The maximum atomic E-state index is 11.7. The molecule has 0 saturated heterocycles. The van der Waals surface area contributed by atoms with Crippen molar-refractivity contribution in [1.82, 2.24) is 0 Å². The van der Waals surface area contributed by atoms with Crippen LogP contribution in [0, 0.1) is 0 Å². The molecule has 0 aliphatic carbocycles. The quantitative estimate of drug-likeness (QED) is 0.229. The Balaban J connectivity index is 1.89. The van der Waals surface area contributed by atoms with Gasteiger partial charge in [0.1, 0.15) is 0 Å². The van der Waals surface area contributed by atoms with Crippen LogP contribution < -0.4 is 12.1 Å². The predicted molar refractivity (Wildman–Crippen MR) is 102 cm³/mol. The summed E-state index contributed by atoms with van der Waals surface area (Å²) in [5.41, 5.74) is 0. The zero-order valence-electron chi connectivity index (χ0n) is 15.1. The molecule has 0 amide bonds. The van der Waals surface area contributed by atoms with Crippen molar-refractivity contribution in [3.05, 3.63) is 24.3 Å². The van der Waals surface area contributed by atoms with Crippen molar-refractivity contribution in [2.75, 3.05) is 0 Å². The number of rotatable bonds is 4. The molecule has 0 atom stereocenters. The molecule has 4 N–H and O–H groups in total. The van der Waals surface area contributed by atoms with Gasteiger partial charge in [0.2, 0.25) is 0 Å². The molecular weight excluding hydrogens is 650 g/mol. The van der Waals surface area contributed by atoms with Gasteiger partial charge in [0.15, 0.2) is 0 Å². The summed E-state index contributed by atoms with van der Waals surface area (Å²) >= 11 is -5.70. The Hall–Kier alpha value is -1.90. The molecule has 0 bridgehead atoms. The SMILES string of the molecule is O=S(=O)(O)c1cc2c(c(S(=O)(=O)O)c1)[O][SbH]1([O]2)[O]c2cc(S(=O)(=O)O)cc(S(=O)(=O)O)c2[O]1. The summed E-state index contributed by atoms with van der Waals surface area (Å²) < 4.78 is 151. The van der Waals surface area contributed by atoms with Crippen LogP contribution in [0.2, 0.25) is 0 Å². The summed E-state index contributed by atoms with van der Waals surface area (Å²) in [7, 11) is -20.4. The molecule has 2 aromatic rings. The zero-order chi connectivity index (χ0) is 24.8. The Morgan fingerprint density at radius 1 is 0.515 bits per heavy atom. The molecule has 21 heteroatoms. The minimum atomic E-state index is -5.70. The summed E-state index contributed by atoms with van der Waals surface area (Å²) in [6, 6.07) is 1.85. The minimum absolute atomic E-state index is 0.333. The number of hydrogen-bond acceptors (Lipinski definition) is 12. The second-order valence-electron chi connectivity index (χ2n) is 6.31. The Bertz CT molecular complexity index is 1530. The fourth-order valence-electron chi connectivity index (χ4n) is 2.78. The van der Waals surface area contributed by atoms with E-state index in [2.05, 4.69) is 0 Å². The van der Waals surface area contributed by atoms with Gasteiger partial charge in [-0.3, -0.25) is 0 Å². The van der Waals surface area contributed by atoms with E-state index in [0.29, 0.717) is 24.3 Å². The van der Waals surface area contributed by atoms with Crippen molar-refractivity contribution in [3.63, 3.8) is 0 Å². The van der Waals surface area contributed by atoms with Crippen molar-refractivity contribution in [2.45, 2.75) is 19.6 Å². The fraction of sp³-hybridized carbons (Fsp3) is 0. The van der Waals surface area contributed by atoms with E-state index in [-0.39, 0.29) is 0 Å². The van der Waals surface area contributed by atoms with Crippen LogP contribution in [0.4, 0.5) is 0 Å². The fourth-order valence-corrected chi connectivity index (χ4v) is 11.5. The first kappa shape index (κ1) is 24.2. The molecule has 0 saturated carbocycles. The van der Waals surface area contributed by atoms with Crippen molar-refractivity contribution in [1.29, 1.82) is 0 Å². The van der Waals surface area contributed by atoms with Crippen molar-refractivity contribution in [3.8, 4) is 23.0 Å². The first-order chi connectivity index (χ1) is 14.8. The standard InChI is InChI=1S/2C6H6O8S2.Sb.H/c2*7-4-1-3(15(9,10)11)2-5(6(4)8)16(12,13)14;;/h2*1-2,7-8H,(H,9,10,11)(H,12,13,14);;/q;;+4;/p-4. The van der Waals surface area contributed by atoms with Crippen molar-refractivity contribution >= 4 is 61.0 Å². The molecule has 2 aliphatic rings. The van der Waals surface area contributed by atoms with Gasteiger partial charge in [-0.1, -0.05) is 0 Å². The van der Waals surface area contributed by atoms with Crippen LogP contribution in [0.3, 0.4) is 0 Å². The van der Waals surface area contributed by atoms with Crippen LogP contribution >= 0.6 is 0 Å². The van der Waals surface area contributed by atoms with Crippen LogP contribution in [-0.2, 0) is 40.5 Å². The van der Waals surface area contributed by atoms with Gasteiger partial charge in [-0.15, -0.1) is 0 Å². The predicted octanol–water partition coefficient (Wildman–Crippen LogP) is -0.916. The van der Waals surface area contributed by atoms with E-state index < -0.39 is 104 Å². The van der Waals surface area contributed by atoms with E-state index >= 15 is 0 Å². The Morgan fingerprint density at radius 2 is 0.848 bits per heavy atom. The second-order valence-corrected chi connectivity index (χ2v) is 17.1. The van der Waals surface area contributed by atoms with Gasteiger partial charge >= 0.3 is 192 Å². The molecule has 0 radical (unpaired) electrons. The summed E-state index contributed by atoms with van der Waals surface area (Å²) in [6.07, 6.45) is 0. The molecule has 2 heterocycles. The molecule has 0 fully saturated rings. The molecule has 0 aromatic heterocycles. The summed E-state index contributed by atoms with van der Waals surface area (Å²) in [5, 5.41) is 0. The number of hydrogen-bond donors (Lipinski definition) is 4. The average Bonchev–Trinajstić information content (AvgIpc) is 3.14. The molecular formula is C12H9O16S4Sb. The van der Waals surface area contributed by atoms with Crippen LogP contribution in [0.25, 0.3) is 0 Å². The zero-order valence-corrected chi connectivity index (χ0v) is 21.3. The maximum absolute atomic E-state index is 11.7. The third-order valence-corrected chi connectivity index (χ3v) is 12.7. The van der Waals surface area contributed by atoms with E-state index in [0.717, 1.165) is 0 Å². The first-order valence-corrected chi connectivity index (χ1v) is 18.2. The summed E-state index contributed by atoms with van der Waals surface area (Å²) in [6.45, 7) is 0. The van der Waals surface area contributed by atoms with E-state index in [1.807, 2.05) is 0 Å². The third kappa shape index (κ3) is 4.33. The van der Waals surface area contributed by atoms with Crippen molar-refractivity contribution in [2.24, 2.45) is 0 Å². The Kier molecular flexibility index (Phi) is 5.18. The Labute approximate surface area is 190 Å².